The van der Waals surface area contributed by atoms with Crippen molar-refractivity contribution in [2.24, 2.45) is 0 Å². The van der Waals surface area contributed by atoms with E-state index >= 15 is 0 Å². The summed E-state index contributed by atoms with van der Waals surface area (Å²) in [5.74, 6) is 0. The first-order valence-corrected chi connectivity index (χ1v) is 20.5. The molecule has 0 aromatic rings. The molecule has 423 valence electrons. The summed E-state index contributed by atoms with van der Waals surface area (Å²) < 4.78 is 62.0. The molecule has 17 radical (unpaired) electrons. The number of aliphatic hydroxyl groups excluding tert-OH is 16. The number of ether oxygens (including phenoxy) is 11. The predicted octanol–water partition coefficient (Wildman–Crippen LogP) is -10.2. The minimum atomic E-state index is -2.13. The first kappa shape index (κ1) is 130. The predicted molar refractivity (Wildman–Crippen MR) is 197 cm³/mol. The standard InChI is InChI=1S/C36H60NO27.17Ac/c1-9-17(44)21(48)24(51)33(55-9)64-31-22(49)18(45)11(4-38)58-36(31)62-29-16(37)32(56-12(5-39)19(29)46)63-30-20(47)13(6-40)57-35(26(30)53)61-28-15(8-42)59-34(25(52)23(28)50)60-27-10(43)2-3-54-14(27)7-41;;;;;;;;;;;;;;;;;/h2-3,9-53H,4-8H2,1H3;;;;;;;;;;;;;;;;;/q-1;;;;;;;;;;;;;;;;;/t9?,10?,11?,12?,13?,14?,15?,16?,17-,18-,19-,20-,21?,22?,23?,24?,25?,26?,27+,28-,29?,30?,31?,32?,33-,34-,35-,36-;;;;;;;;;;;;;;;;;/m0................./s1. The summed E-state index contributed by atoms with van der Waals surface area (Å²) in [5.41, 5.74) is 9.03. The average Bonchev–Trinajstić information content (AvgIpc) is 3.28. The van der Waals surface area contributed by atoms with Gasteiger partial charge >= 0.3 is 0 Å². The molecule has 6 aliphatic rings. The third-order valence-corrected chi connectivity index (χ3v) is 12.0. The van der Waals surface area contributed by atoms with Gasteiger partial charge in [0.15, 0.2) is 25.2 Å². The SMILES string of the molecule is CC1O[C@@H](OC2C(O)[C@@H](O)C(CO)O[C@H]2OC2C([NH-])C(OC3C(O)[C@H](O[C@H]4C(CO)O[C@@H](O[C@@H]5C(O)C=COC5CO)C(O)C4O)OC(CO)[C@@H]3O)OC(CO)[C@@H]2O)C(O)C(O)[C@H]1O.[Ac].[Ac].[Ac].[Ac].[Ac].[Ac].[Ac].[Ac].[Ac].[Ac].[Ac].[Ac].[Ac].[Ac].[Ac].[Ac].[Ac]. The van der Waals surface area contributed by atoms with Crippen LogP contribution >= 0.6 is 0 Å². The van der Waals surface area contributed by atoms with E-state index in [9.17, 15) is 81.7 Å². The number of hydrogen-bond donors (Lipinski definition) is 16. The molecule has 45 heteroatoms. The molecule has 17 N–H and O–H groups in total. The molecule has 5 fully saturated rings. The van der Waals surface area contributed by atoms with Crippen molar-refractivity contribution in [3.63, 3.8) is 0 Å². The first-order valence-electron chi connectivity index (χ1n) is 20.5. The van der Waals surface area contributed by atoms with E-state index in [1.807, 2.05) is 0 Å². The van der Waals surface area contributed by atoms with Crippen molar-refractivity contribution in [3.8, 4) is 0 Å². The van der Waals surface area contributed by atoms with Crippen molar-refractivity contribution in [1.29, 1.82) is 0 Å². The quantitative estimate of drug-likeness (QED) is 0.0724. The second-order valence-corrected chi connectivity index (χ2v) is 16.2. The molecule has 6 heterocycles. The Kier molecular flexibility index (Phi) is 110. The molecule has 0 spiro atoms. The Morgan fingerprint density at radius 2 is 0.667 bits per heavy atom. The molecule has 6 aliphatic heterocycles. The molecular formula is C36H60Ac17NO27-. The molecule has 5 saturated heterocycles. The molecule has 0 bridgehead atoms. The summed E-state index contributed by atoms with van der Waals surface area (Å²) in [5, 5.41) is 169. The van der Waals surface area contributed by atoms with Gasteiger partial charge in [0.25, 0.3) is 0 Å². The zero-order chi connectivity index (χ0) is 46.9. The van der Waals surface area contributed by atoms with Crippen LogP contribution in [-0.2, 0) is 52.1 Å². The maximum absolute atomic E-state index is 11.5. The Labute approximate surface area is 1080 Å². The second kappa shape index (κ2) is 68.6. The van der Waals surface area contributed by atoms with Gasteiger partial charge in [-0.15, -0.1) is 0 Å². The van der Waals surface area contributed by atoms with Gasteiger partial charge in [0, 0.05) is 749 Å². The minimum absolute atomic E-state index is 0. The van der Waals surface area contributed by atoms with Gasteiger partial charge in [-0.05, 0) is 13.0 Å². The fourth-order valence-corrected chi connectivity index (χ4v) is 8.17. The van der Waals surface area contributed by atoms with E-state index in [1.54, 1.807) is 0 Å². The first-order chi connectivity index (χ1) is 30.4. The summed E-state index contributed by atoms with van der Waals surface area (Å²) in [4.78, 5) is 0. The van der Waals surface area contributed by atoms with Gasteiger partial charge in [-0.25, -0.2) is 0 Å². The maximum atomic E-state index is 11.5. The molecule has 0 aliphatic carbocycles. The molecule has 0 amide bonds. The largest absolute Gasteiger partial charge is 0.668 e. The van der Waals surface area contributed by atoms with Crippen LogP contribution in [0.2, 0.25) is 0 Å². The number of nitrogens with one attached hydrogen (secondary N) is 1. The van der Waals surface area contributed by atoms with Crippen molar-refractivity contribution >= 4 is 0 Å². The van der Waals surface area contributed by atoms with Crippen LogP contribution in [0.15, 0.2) is 12.3 Å². The van der Waals surface area contributed by atoms with Crippen molar-refractivity contribution in [2.45, 2.75) is 179 Å². The van der Waals surface area contributed by atoms with Gasteiger partial charge in [0.2, 0.25) is 0 Å². The van der Waals surface area contributed by atoms with Crippen LogP contribution in [0.3, 0.4) is 0 Å². The van der Waals surface area contributed by atoms with Crippen molar-refractivity contribution in [3.05, 3.63) is 18.1 Å². The zero-order valence-corrected chi connectivity index (χ0v) is 124. The van der Waals surface area contributed by atoms with Crippen molar-refractivity contribution in [2.75, 3.05) is 33.0 Å². The molecule has 0 aromatic carbocycles. The molecule has 18 unspecified atom stereocenters. The van der Waals surface area contributed by atoms with Gasteiger partial charge in [-0.3, -0.25) is 0 Å². The molecule has 6 rings (SSSR count). The second-order valence-electron chi connectivity index (χ2n) is 16.2. The normalized spacial score (nSPS) is 41.6. The van der Waals surface area contributed by atoms with E-state index in [0.717, 1.165) is 6.26 Å². The average molecular weight is 4800 g/mol. The van der Waals surface area contributed by atoms with Crippen molar-refractivity contribution < 1.29 is 883 Å². The summed E-state index contributed by atoms with van der Waals surface area (Å²) in [7, 11) is 0. The van der Waals surface area contributed by atoms with E-state index in [0.29, 0.717) is 0 Å². The van der Waals surface area contributed by atoms with Crippen LogP contribution in [0.4, 0.5) is 0 Å². The van der Waals surface area contributed by atoms with Gasteiger partial charge in [0.1, 0.15) is 128 Å². The summed E-state index contributed by atoms with van der Waals surface area (Å²) in [6, 6.07) is -1.95. The Hall–Kier alpha value is 23.0. The summed E-state index contributed by atoms with van der Waals surface area (Å²) in [6.45, 7) is -3.04. The fourth-order valence-electron chi connectivity index (χ4n) is 8.17. The Morgan fingerprint density at radius 1 is 0.321 bits per heavy atom. The van der Waals surface area contributed by atoms with Gasteiger partial charge < -0.3 is 140 Å². The van der Waals surface area contributed by atoms with Crippen LogP contribution in [0, 0.1) is 749 Å². The molecule has 0 aromatic heterocycles. The van der Waals surface area contributed by atoms with Crippen LogP contribution < -0.4 is 0 Å². The molecular weight excluding hydrogens is 4740 g/mol. The third kappa shape index (κ3) is 37.7. The number of aliphatic hydroxyl groups is 16. The van der Waals surface area contributed by atoms with Crippen LogP contribution in [0.5, 0.6) is 0 Å². The summed E-state index contributed by atoms with van der Waals surface area (Å²) in [6.07, 6.45) is -45.0. The van der Waals surface area contributed by atoms with E-state index in [-0.39, 0.29) is 749 Å². The number of hydrogen-bond acceptors (Lipinski definition) is 27. The van der Waals surface area contributed by atoms with E-state index < -0.39 is 205 Å². The van der Waals surface area contributed by atoms with Gasteiger partial charge in [0.05, 0.1) is 51.5 Å². The molecule has 28 nitrogen and oxygen atoms in total. The maximum Gasteiger partial charge on any atom is 0.187 e. The monoisotopic (exact) mass is 4800 g/mol. The van der Waals surface area contributed by atoms with Gasteiger partial charge in [-0.1, -0.05) is 6.04 Å². The topological polar surface area (TPSA) is 449 Å². The van der Waals surface area contributed by atoms with Crippen LogP contribution in [-0.4, -0.2) is 287 Å². The van der Waals surface area contributed by atoms with E-state index in [1.165, 1.54) is 13.0 Å². The van der Waals surface area contributed by atoms with E-state index in [4.69, 9.17) is 57.8 Å². The number of rotatable bonds is 15. The zero-order valence-electron chi connectivity index (χ0n) is 43.8. The van der Waals surface area contributed by atoms with Crippen molar-refractivity contribution in [1.82, 2.24) is 0 Å². The smallest absolute Gasteiger partial charge is 0.187 e. The van der Waals surface area contributed by atoms with Crippen LogP contribution in [0.1, 0.15) is 6.92 Å². The molecule has 81 heavy (non-hydrogen) atoms. The summed E-state index contributed by atoms with van der Waals surface area (Å²) >= 11 is 0. The Bertz CT molecular complexity index is 1530. The van der Waals surface area contributed by atoms with Gasteiger partial charge in [-0.2, -0.15) is 0 Å². The van der Waals surface area contributed by atoms with E-state index in [2.05, 4.69) is 0 Å². The minimum Gasteiger partial charge on any atom is -0.668 e. The molecule has 28 atom stereocenters. The third-order valence-electron chi connectivity index (χ3n) is 12.0. The Morgan fingerprint density at radius 3 is 1.16 bits per heavy atom. The fraction of sp³-hybridized carbons (Fsp3) is 0.944. The Balaban J connectivity index is -0.000000280. The molecule has 0 saturated carbocycles. The van der Waals surface area contributed by atoms with Crippen LogP contribution in [0.25, 0.3) is 5.73 Å².